The van der Waals surface area contributed by atoms with Crippen LogP contribution in [0, 0.1) is 5.92 Å². The van der Waals surface area contributed by atoms with Gasteiger partial charge in [0.2, 0.25) is 0 Å². The summed E-state index contributed by atoms with van der Waals surface area (Å²) in [6, 6.07) is -0.0257. The van der Waals surface area contributed by atoms with Gasteiger partial charge in [-0.3, -0.25) is 0 Å². The fourth-order valence-electron chi connectivity index (χ4n) is 2.84. The minimum atomic E-state index is -3.35. The summed E-state index contributed by atoms with van der Waals surface area (Å²) in [7, 11) is -3.35. The van der Waals surface area contributed by atoms with Crippen LogP contribution < -0.4 is 10.5 Å². The number of nitrogens with two attached hydrogens (primary N) is 1. The Morgan fingerprint density at radius 2 is 1.90 bits per heavy atom. The third kappa shape index (κ3) is 7.08. The molecule has 0 aliphatic carbocycles. The van der Waals surface area contributed by atoms with Crippen molar-refractivity contribution in [1.82, 2.24) is 9.03 Å². The Kier molecular flexibility index (Phi) is 8.78. The summed E-state index contributed by atoms with van der Waals surface area (Å²) >= 11 is 0. The van der Waals surface area contributed by atoms with Crippen LogP contribution in [0.3, 0.4) is 0 Å². The summed E-state index contributed by atoms with van der Waals surface area (Å²) in [6.07, 6.45) is 8.59. The van der Waals surface area contributed by atoms with Crippen molar-refractivity contribution in [3.63, 3.8) is 0 Å². The molecule has 0 saturated carbocycles. The second-order valence-electron chi connectivity index (χ2n) is 6.49. The van der Waals surface area contributed by atoms with Crippen molar-refractivity contribution in [3.05, 3.63) is 0 Å². The zero-order valence-electron chi connectivity index (χ0n) is 13.7. The molecule has 1 fully saturated rings. The van der Waals surface area contributed by atoms with Crippen LogP contribution in [0.15, 0.2) is 0 Å². The number of hydrogen-bond donors (Lipinski definition) is 2. The minimum absolute atomic E-state index is 0.0257. The molecule has 1 heterocycles. The van der Waals surface area contributed by atoms with Crippen LogP contribution in [0.2, 0.25) is 0 Å². The maximum atomic E-state index is 12.3. The Morgan fingerprint density at radius 3 is 2.57 bits per heavy atom. The van der Waals surface area contributed by atoms with E-state index in [1.807, 2.05) is 0 Å². The lowest BCUT2D eigenvalue weighted by Gasteiger charge is -2.33. The van der Waals surface area contributed by atoms with Gasteiger partial charge >= 0.3 is 0 Å². The number of piperidine rings is 1. The second kappa shape index (κ2) is 9.77. The predicted molar refractivity (Wildman–Crippen MR) is 88.2 cm³/mol. The van der Waals surface area contributed by atoms with Crippen LogP contribution in [0.5, 0.6) is 0 Å². The minimum Gasteiger partial charge on any atom is -0.329 e. The molecule has 0 aromatic carbocycles. The average Bonchev–Trinajstić information content (AvgIpc) is 2.45. The first-order valence-electron chi connectivity index (χ1n) is 8.44. The topological polar surface area (TPSA) is 75.4 Å². The van der Waals surface area contributed by atoms with Gasteiger partial charge in [0.05, 0.1) is 0 Å². The standard InChI is InChI=1S/C15H33N3O2S/c1-14(2)9-5-3-4-7-11-17-21(19,20)18-12-8-6-10-15(18)13-16/h14-15,17H,3-13,16H2,1-2H3. The van der Waals surface area contributed by atoms with E-state index in [4.69, 9.17) is 5.73 Å². The van der Waals surface area contributed by atoms with E-state index in [1.165, 1.54) is 19.3 Å². The first-order chi connectivity index (χ1) is 9.97. The third-order valence-corrected chi connectivity index (χ3v) is 5.81. The van der Waals surface area contributed by atoms with Gasteiger partial charge in [-0.15, -0.1) is 0 Å². The molecule has 0 aromatic rings. The molecule has 1 saturated heterocycles. The Morgan fingerprint density at radius 1 is 1.19 bits per heavy atom. The molecule has 0 radical (unpaired) electrons. The fourth-order valence-corrected chi connectivity index (χ4v) is 4.36. The molecule has 0 amide bonds. The first-order valence-corrected chi connectivity index (χ1v) is 9.88. The first kappa shape index (κ1) is 18.9. The van der Waals surface area contributed by atoms with Crippen LogP contribution in [-0.2, 0) is 10.2 Å². The molecule has 5 nitrogen and oxygen atoms in total. The number of nitrogens with zero attached hydrogens (tertiary/aromatic N) is 1. The largest absolute Gasteiger partial charge is 0.329 e. The van der Waals surface area contributed by atoms with Crippen molar-refractivity contribution in [1.29, 1.82) is 0 Å². The Hall–Kier alpha value is -0.170. The lowest BCUT2D eigenvalue weighted by Crippen LogP contribution is -2.51. The van der Waals surface area contributed by atoms with Crippen molar-refractivity contribution >= 4 is 10.2 Å². The number of unbranched alkanes of at least 4 members (excludes halogenated alkanes) is 3. The molecule has 3 N–H and O–H groups in total. The van der Waals surface area contributed by atoms with Gasteiger partial charge in [0.25, 0.3) is 10.2 Å². The molecule has 1 rings (SSSR count). The molecule has 6 heteroatoms. The Labute approximate surface area is 130 Å². The molecule has 1 atom stereocenters. The normalized spacial score (nSPS) is 21.0. The fraction of sp³-hybridized carbons (Fsp3) is 1.00. The van der Waals surface area contributed by atoms with E-state index in [-0.39, 0.29) is 6.04 Å². The van der Waals surface area contributed by atoms with Crippen LogP contribution in [-0.4, -0.2) is 38.4 Å². The number of hydrogen-bond acceptors (Lipinski definition) is 3. The molecule has 0 spiro atoms. The van der Waals surface area contributed by atoms with Gasteiger partial charge in [-0.2, -0.15) is 12.7 Å². The Bertz CT molecular complexity index is 371. The molecule has 1 unspecified atom stereocenters. The summed E-state index contributed by atoms with van der Waals surface area (Å²) in [6.45, 7) is 6.03. The van der Waals surface area contributed by atoms with Gasteiger partial charge in [-0.1, -0.05) is 46.0 Å². The van der Waals surface area contributed by atoms with Gasteiger partial charge in [-0.05, 0) is 25.2 Å². The highest BCUT2D eigenvalue weighted by Gasteiger charge is 2.30. The highest BCUT2D eigenvalue weighted by Crippen LogP contribution is 2.19. The average molecular weight is 320 g/mol. The monoisotopic (exact) mass is 319 g/mol. The third-order valence-electron chi connectivity index (χ3n) is 4.15. The number of rotatable bonds is 10. The lowest BCUT2D eigenvalue weighted by atomic mass is 10.0. The van der Waals surface area contributed by atoms with Gasteiger partial charge in [0, 0.05) is 25.7 Å². The van der Waals surface area contributed by atoms with Crippen LogP contribution in [0.4, 0.5) is 0 Å². The van der Waals surface area contributed by atoms with Crippen molar-refractivity contribution in [2.75, 3.05) is 19.6 Å². The van der Waals surface area contributed by atoms with E-state index in [9.17, 15) is 8.42 Å². The van der Waals surface area contributed by atoms with E-state index in [0.29, 0.717) is 19.6 Å². The molecule has 1 aliphatic rings. The van der Waals surface area contributed by atoms with Crippen molar-refractivity contribution in [2.45, 2.75) is 71.3 Å². The summed E-state index contributed by atoms with van der Waals surface area (Å²) in [4.78, 5) is 0. The smallest absolute Gasteiger partial charge is 0.279 e. The Balaban J connectivity index is 2.23. The predicted octanol–water partition coefficient (Wildman–Crippen LogP) is 2.24. The lowest BCUT2D eigenvalue weighted by molar-refractivity contribution is 0.254. The van der Waals surface area contributed by atoms with E-state index in [1.54, 1.807) is 4.31 Å². The molecular formula is C15H33N3O2S. The van der Waals surface area contributed by atoms with Crippen molar-refractivity contribution < 1.29 is 8.42 Å². The summed E-state index contributed by atoms with van der Waals surface area (Å²) < 4.78 is 28.9. The van der Waals surface area contributed by atoms with E-state index < -0.39 is 10.2 Å². The van der Waals surface area contributed by atoms with Gasteiger partial charge < -0.3 is 5.73 Å². The van der Waals surface area contributed by atoms with E-state index >= 15 is 0 Å². The van der Waals surface area contributed by atoms with Crippen molar-refractivity contribution in [3.8, 4) is 0 Å². The van der Waals surface area contributed by atoms with E-state index in [0.717, 1.165) is 38.0 Å². The summed E-state index contributed by atoms with van der Waals surface area (Å²) in [5.41, 5.74) is 5.69. The highest BCUT2D eigenvalue weighted by molar-refractivity contribution is 7.87. The van der Waals surface area contributed by atoms with Gasteiger partial charge in [0.15, 0.2) is 0 Å². The maximum Gasteiger partial charge on any atom is 0.279 e. The van der Waals surface area contributed by atoms with Gasteiger partial charge in [0.1, 0.15) is 0 Å². The molecular weight excluding hydrogens is 286 g/mol. The van der Waals surface area contributed by atoms with Crippen LogP contribution in [0.1, 0.15) is 65.2 Å². The molecule has 21 heavy (non-hydrogen) atoms. The maximum absolute atomic E-state index is 12.3. The van der Waals surface area contributed by atoms with Gasteiger partial charge in [-0.25, -0.2) is 4.72 Å². The number of nitrogens with one attached hydrogen (secondary N) is 1. The summed E-state index contributed by atoms with van der Waals surface area (Å²) in [5, 5.41) is 0. The zero-order valence-corrected chi connectivity index (χ0v) is 14.5. The highest BCUT2D eigenvalue weighted by atomic mass is 32.2. The van der Waals surface area contributed by atoms with Crippen LogP contribution in [0.25, 0.3) is 0 Å². The SMILES string of the molecule is CC(C)CCCCCCNS(=O)(=O)N1CCCCC1CN. The van der Waals surface area contributed by atoms with E-state index in [2.05, 4.69) is 18.6 Å². The zero-order chi connectivity index (χ0) is 15.7. The summed E-state index contributed by atoms with van der Waals surface area (Å²) in [5.74, 6) is 0.760. The molecule has 0 aromatic heterocycles. The molecule has 1 aliphatic heterocycles. The molecule has 126 valence electrons. The molecule has 0 bridgehead atoms. The quantitative estimate of drug-likeness (QED) is 0.606. The van der Waals surface area contributed by atoms with Crippen LogP contribution >= 0.6 is 0 Å². The van der Waals surface area contributed by atoms with Crippen molar-refractivity contribution in [2.24, 2.45) is 11.7 Å². The second-order valence-corrected chi connectivity index (χ2v) is 8.20.